The molecule has 0 saturated heterocycles. The number of nitrogens with zero attached hydrogens (tertiary/aromatic N) is 1. The predicted molar refractivity (Wildman–Crippen MR) is 70.0 cm³/mol. The number of alkyl halides is 3. The van der Waals surface area contributed by atoms with E-state index in [4.69, 9.17) is 4.74 Å². The van der Waals surface area contributed by atoms with Crippen LogP contribution in [0.1, 0.15) is 11.1 Å². The number of halogens is 4. The van der Waals surface area contributed by atoms with Crippen molar-refractivity contribution in [2.75, 3.05) is 12.4 Å². The van der Waals surface area contributed by atoms with Crippen LogP contribution in [0.2, 0.25) is 0 Å². The van der Waals surface area contributed by atoms with Gasteiger partial charge in [-0.25, -0.2) is 4.39 Å². The molecule has 21 heavy (non-hydrogen) atoms. The van der Waals surface area contributed by atoms with E-state index in [0.29, 0.717) is 5.56 Å². The molecule has 0 bridgehead atoms. The molecule has 2 rings (SSSR count). The first-order valence-electron chi connectivity index (χ1n) is 6.00. The Kier molecular flexibility index (Phi) is 4.02. The number of benzene rings is 1. The highest BCUT2D eigenvalue weighted by Gasteiger charge is 2.32. The number of ether oxygens (including phenoxy) is 1. The summed E-state index contributed by atoms with van der Waals surface area (Å²) in [4.78, 5) is 3.90. The molecule has 0 fully saturated rings. The molecule has 2 aromatic rings. The number of anilines is 1. The van der Waals surface area contributed by atoms with E-state index < -0.39 is 17.6 Å². The van der Waals surface area contributed by atoms with Crippen LogP contribution in [-0.4, -0.2) is 12.0 Å². The lowest BCUT2D eigenvalue weighted by molar-refractivity contribution is -0.137. The molecule has 0 radical (unpaired) electrons. The number of nitrogens with one attached hydrogen (secondary N) is 1. The first-order chi connectivity index (χ1) is 9.79. The van der Waals surface area contributed by atoms with Crippen LogP contribution in [0, 0.1) is 12.7 Å². The van der Waals surface area contributed by atoms with E-state index >= 15 is 0 Å². The highest BCUT2D eigenvalue weighted by molar-refractivity contribution is 5.44. The van der Waals surface area contributed by atoms with Gasteiger partial charge in [0.05, 0.1) is 5.56 Å². The van der Waals surface area contributed by atoms with Crippen LogP contribution in [-0.2, 0) is 6.18 Å². The predicted octanol–water partition coefficient (Wildman–Crippen LogP) is 4.38. The first kappa shape index (κ1) is 15.1. The van der Waals surface area contributed by atoms with Crippen molar-refractivity contribution in [1.82, 2.24) is 4.98 Å². The van der Waals surface area contributed by atoms with E-state index in [9.17, 15) is 17.6 Å². The molecule has 7 heteroatoms. The summed E-state index contributed by atoms with van der Waals surface area (Å²) in [5, 5.41) is 2.54. The highest BCUT2D eigenvalue weighted by Crippen LogP contribution is 2.34. The Bertz CT molecular complexity index is 656. The third-order valence-electron chi connectivity index (χ3n) is 2.74. The lowest BCUT2D eigenvalue weighted by atomic mass is 10.2. The molecule has 0 aliphatic heterocycles. The average molecular weight is 300 g/mol. The van der Waals surface area contributed by atoms with Gasteiger partial charge in [-0.3, -0.25) is 0 Å². The van der Waals surface area contributed by atoms with Gasteiger partial charge in [-0.2, -0.15) is 18.2 Å². The third-order valence-corrected chi connectivity index (χ3v) is 2.74. The minimum absolute atomic E-state index is 0.0274. The summed E-state index contributed by atoms with van der Waals surface area (Å²) in [7, 11) is 1.45. The monoisotopic (exact) mass is 300 g/mol. The zero-order chi connectivity index (χ0) is 15.6. The third kappa shape index (κ3) is 3.62. The largest absolute Gasteiger partial charge is 0.439 e. The molecule has 0 atom stereocenters. The second-order valence-corrected chi connectivity index (χ2v) is 4.34. The maximum atomic E-state index is 13.0. The van der Waals surface area contributed by atoms with E-state index in [0.717, 1.165) is 18.2 Å². The van der Waals surface area contributed by atoms with E-state index in [1.807, 2.05) is 0 Å². The number of pyridine rings is 1. The van der Waals surface area contributed by atoms with Crippen molar-refractivity contribution < 1.29 is 22.3 Å². The first-order valence-corrected chi connectivity index (χ1v) is 6.00. The zero-order valence-corrected chi connectivity index (χ0v) is 11.3. The summed E-state index contributed by atoms with van der Waals surface area (Å²) in [6, 6.07) is 5.40. The van der Waals surface area contributed by atoms with Crippen LogP contribution in [0.4, 0.5) is 23.4 Å². The van der Waals surface area contributed by atoms with Crippen molar-refractivity contribution in [2.24, 2.45) is 0 Å². The Morgan fingerprint density at radius 3 is 2.43 bits per heavy atom. The fourth-order valence-corrected chi connectivity index (χ4v) is 1.69. The van der Waals surface area contributed by atoms with E-state index in [1.54, 1.807) is 6.92 Å². The molecule has 0 saturated carbocycles. The Morgan fingerprint density at radius 1 is 1.14 bits per heavy atom. The molecular formula is C14H12F4N2O. The van der Waals surface area contributed by atoms with Crippen molar-refractivity contribution in [3.05, 3.63) is 47.3 Å². The highest BCUT2D eigenvalue weighted by atomic mass is 19.4. The van der Waals surface area contributed by atoms with Crippen LogP contribution < -0.4 is 10.1 Å². The van der Waals surface area contributed by atoms with Gasteiger partial charge in [0, 0.05) is 13.1 Å². The van der Waals surface area contributed by atoms with E-state index in [1.165, 1.54) is 19.2 Å². The van der Waals surface area contributed by atoms with Crippen LogP contribution in [0.5, 0.6) is 11.6 Å². The van der Waals surface area contributed by atoms with E-state index in [2.05, 4.69) is 10.3 Å². The van der Waals surface area contributed by atoms with Gasteiger partial charge in [-0.15, -0.1) is 0 Å². The molecule has 0 unspecified atom stereocenters. The molecule has 0 spiro atoms. The molecule has 1 N–H and O–H groups in total. The Hall–Kier alpha value is -2.31. The van der Waals surface area contributed by atoms with Gasteiger partial charge in [-0.05, 0) is 36.8 Å². The Balaban J connectivity index is 2.39. The van der Waals surface area contributed by atoms with Crippen LogP contribution in [0.3, 0.4) is 0 Å². The molecule has 112 valence electrons. The fraction of sp³-hybridized carbons (Fsp3) is 0.214. The summed E-state index contributed by atoms with van der Waals surface area (Å²) in [6.45, 7) is 1.59. The van der Waals surface area contributed by atoms with Crippen molar-refractivity contribution >= 4 is 5.82 Å². The second kappa shape index (κ2) is 5.59. The molecule has 1 heterocycles. The minimum Gasteiger partial charge on any atom is -0.439 e. The van der Waals surface area contributed by atoms with Gasteiger partial charge < -0.3 is 10.1 Å². The topological polar surface area (TPSA) is 34.1 Å². The van der Waals surface area contributed by atoms with Crippen molar-refractivity contribution in [1.29, 1.82) is 0 Å². The van der Waals surface area contributed by atoms with E-state index in [-0.39, 0.29) is 17.4 Å². The summed E-state index contributed by atoms with van der Waals surface area (Å²) < 4.78 is 56.7. The second-order valence-electron chi connectivity index (χ2n) is 4.34. The van der Waals surface area contributed by atoms with Crippen LogP contribution in [0.25, 0.3) is 0 Å². The molecule has 1 aromatic carbocycles. The Labute approximate surface area is 118 Å². The maximum absolute atomic E-state index is 13.0. The smallest absolute Gasteiger partial charge is 0.416 e. The normalized spacial score (nSPS) is 11.3. The lowest BCUT2D eigenvalue weighted by Crippen LogP contribution is -2.07. The molecular weight excluding hydrogens is 288 g/mol. The minimum atomic E-state index is -4.51. The number of hydrogen-bond donors (Lipinski definition) is 1. The van der Waals surface area contributed by atoms with Crippen molar-refractivity contribution in [3.8, 4) is 11.6 Å². The number of aryl methyl sites for hydroxylation is 1. The van der Waals surface area contributed by atoms with Gasteiger partial charge in [0.2, 0.25) is 5.88 Å². The van der Waals surface area contributed by atoms with Gasteiger partial charge in [0.1, 0.15) is 17.4 Å². The maximum Gasteiger partial charge on any atom is 0.416 e. The van der Waals surface area contributed by atoms with Crippen molar-refractivity contribution in [3.63, 3.8) is 0 Å². The number of hydrogen-bond acceptors (Lipinski definition) is 3. The SMILES string of the molecule is CNc1cc(C(F)(F)F)cc(Oc2ccc(F)cc2C)n1. The van der Waals surface area contributed by atoms with Gasteiger partial charge in [0.25, 0.3) is 0 Å². The van der Waals surface area contributed by atoms with Gasteiger partial charge in [0.15, 0.2) is 0 Å². The number of rotatable bonds is 3. The van der Waals surface area contributed by atoms with Crippen molar-refractivity contribution in [2.45, 2.75) is 13.1 Å². The van der Waals surface area contributed by atoms with Crippen LogP contribution >= 0.6 is 0 Å². The summed E-state index contributed by atoms with van der Waals surface area (Å²) >= 11 is 0. The van der Waals surface area contributed by atoms with Gasteiger partial charge in [-0.1, -0.05) is 0 Å². The molecule has 0 aliphatic carbocycles. The summed E-state index contributed by atoms with van der Waals surface area (Å²) in [6.07, 6.45) is -4.51. The lowest BCUT2D eigenvalue weighted by Gasteiger charge is -2.13. The summed E-state index contributed by atoms with van der Waals surface area (Å²) in [5.74, 6) is -0.401. The fourth-order valence-electron chi connectivity index (χ4n) is 1.69. The Morgan fingerprint density at radius 2 is 1.86 bits per heavy atom. The quantitative estimate of drug-likeness (QED) is 0.854. The molecule has 3 nitrogen and oxygen atoms in total. The van der Waals surface area contributed by atoms with Gasteiger partial charge >= 0.3 is 6.18 Å². The standard InChI is InChI=1S/C14H12F4N2O/c1-8-5-10(15)3-4-11(8)21-13-7-9(14(16,17)18)6-12(19-2)20-13/h3-7H,1-2H3,(H,19,20). The zero-order valence-electron chi connectivity index (χ0n) is 11.3. The number of aromatic nitrogens is 1. The molecule has 1 aromatic heterocycles. The van der Waals surface area contributed by atoms with Crippen LogP contribution in [0.15, 0.2) is 30.3 Å². The molecule has 0 amide bonds. The molecule has 0 aliphatic rings. The average Bonchev–Trinajstić information content (AvgIpc) is 2.40. The summed E-state index contributed by atoms with van der Waals surface area (Å²) in [5.41, 5.74) is -0.420.